The van der Waals surface area contributed by atoms with Crippen molar-refractivity contribution in [2.24, 2.45) is 0 Å². The molecule has 1 aliphatic heterocycles. The Labute approximate surface area is 121 Å². The van der Waals surface area contributed by atoms with Crippen LogP contribution >= 0.6 is 11.6 Å². The Morgan fingerprint density at radius 3 is 3.05 bits per heavy atom. The van der Waals surface area contributed by atoms with E-state index in [-0.39, 0.29) is 0 Å². The molecule has 19 heavy (non-hydrogen) atoms. The van der Waals surface area contributed by atoms with Crippen molar-refractivity contribution in [3.63, 3.8) is 0 Å². The van der Waals surface area contributed by atoms with E-state index in [0.29, 0.717) is 11.2 Å². The van der Waals surface area contributed by atoms with E-state index in [1.54, 1.807) is 0 Å². The summed E-state index contributed by atoms with van der Waals surface area (Å²) in [5.74, 6) is 0. The number of nitrogens with one attached hydrogen (secondary N) is 1. The van der Waals surface area contributed by atoms with Crippen LogP contribution in [0.3, 0.4) is 0 Å². The van der Waals surface area contributed by atoms with Crippen molar-refractivity contribution in [3.8, 4) is 0 Å². The topological polar surface area (TPSA) is 28.2 Å². The van der Waals surface area contributed by atoms with Crippen molar-refractivity contribution in [1.29, 1.82) is 0 Å². The van der Waals surface area contributed by atoms with Crippen LogP contribution in [0.1, 0.15) is 38.2 Å². The third-order valence-electron chi connectivity index (χ3n) is 3.70. The molecular weight excluding hydrogens is 258 g/mol. The molecule has 0 saturated carbocycles. The fraction of sp³-hybridized carbons (Fsp3) is 0.667. The second-order valence-electron chi connectivity index (χ2n) is 5.46. The van der Waals surface area contributed by atoms with Gasteiger partial charge in [-0.1, -0.05) is 18.5 Å². The van der Waals surface area contributed by atoms with E-state index in [2.05, 4.69) is 28.2 Å². The van der Waals surface area contributed by atoms with Gasteiger partial charge in [-0.15, -0.1) is 0 Å². The molecule has 1 aromatic rings. The van der Waals surface area contributed by atoms with E-state index < -0.39 is 0 Å². The summed E-state index contributed by atoms with van der Waals surface area (Å²) in [4.78, 5) is 6.77. The lowest BCUT2D eigenvalue weighted by Crippen LogP contribution is -2.27. The highest BCUT2D eigenvalue weighted by Crippen LogP contribution is 2.23. The first kappa shape index (κ1) is 14.6. The molecule has 2 heterocycles. The lowest BCUT2D eigenvalue weighted by molar-refractivity contribution is 0.285. The molecule has 0 aromatic carbocycles. The van der Waals surface area contributed by atoms with E-state index in [1.165, 1.54) is 45.3 Å². The Bertz CT molecular complexity index is 408. The Hall–Kier alpha value is -0.800. The summed E-state index contributed by atoms with van der Waals surface area (Å²) < 4.78 is 0. The monoisotopic (exact) mass is 281 g/mol. The fourth-order valence-electron chi connectivity index (χ4n) is 2.71. The maximum absolute atomic E-state index is 6.15. The van der Waals surface area contributed by atoms with Gasteiger partial charge in [-0.25, -0.2) is 4.98 Å². The van der Waals surface area contributed by atoms with Crippen molar-refractivity contribution in [1.82, 2.24) is 9.88 Å². The van der Waals surface area contributed by atoms with Gasteiger partial charge >= 0.3 is 0 Å². The standard InChI is InChI=1S/C15H24ClN3/c1-3-7-19-8-4-5-13(6-9-19)18-14-10-12(2)11-17-15(14)16/h10-11,13,18H,3-9H2,1-2H3. The van der Waals surface area contributed by atoms with Gasteiger partial charge in [0, 0.05) is 18.8 Å². The fourth-order valence-corrected chi connectivity index (χ4v) is 2.87. The predicted molar refractivity (Wildman–Crippen MR) is 82.0 cm³/mol. The largest absolute Gasteiger partial charge is 0.380 e. The van der Waals surface area contributed by atoms with Crippen molar-refractivity contribution in [2.45, 2.75) is 45.6 Å². The predicted octanol–water partition coefficient (Wildman–Crippen LogP) is 3.72. The molecule has 1 fully saturated rings. The number of aromatic nitrogens is 1. The molecule has 106 valence electrons. The zero-order chi connectivity index (χ0) is 13.7. The van der Waals surface area contributed by atoms with Crippen LogP contribution in [0, 0.1) is 6.92 Å². The van der Waals surface area contributed by atoms with Gasteiger partial charge in [-0.3, -0.25) is 0 Å². The van der Waals surface area contributed by atoms with E-state index in [9.17, 15) is 0 Å². The second kappa shape index (κ2) is 7.11. The third kappa shape index (κ3) is 4.36. The van der Waals surface area contributed by atoms with E-state index in [1.807, 2.05) is 13.1 Å². The van der Waals surface area contributed by atoms with Crippen molar-refractivity contribution in [3.05, 3.63) is 23.0 Å². The number of hydrogen-bond donors (Lipinski definition) is 1. The van der Waals surface area contributed by atoms with Crippen LogP contribution < -0.4 is 5.32 Å². The molecule has 1 aliphatic rings. The van der Waals surface area contributed by atoms with Crippen molar-refractivity contribution < 1.29 is 0 Å². The van der Waals surface area contributed by atoms with Crippen LogP contribution in [-0.4, -0.2) is 35.6 Å². The summed E-state index contributed by atoms with van der Waals surface area (Å²) >= 11 is 6.15. The highest BCUT2D eigenvalue weighted by Gasteiger charge is 2.17. The number of pyridine rings is 1. The van der Waals surface area contributed by atoms with E-state index >= 15 is 0 Å². The molecule has 1 N–H and O–H groups in total. The summed E-state index contributed by atoms with van der Waals surface area (Å²) in [7, 11) is 0. The zero-order valence-electron chi connectivity index (χ0n) is 12.0. The highest BCUT2D eigenvalue weighted by atomic mass is 35.5. The molecule has 0 bridgehead atoms. The summed E-state index contributed by atoms with van der Waals surface area (Å²) in [5, 5.41) is 4.16. The van der Waals surface area contributed by atoms with Crippen molar-refractivity contribution in [2.75, 3.05) is 25.0 Å². The van der Waals surface area contributed by atoms with Crippen LogP contribution in [0.15, 0.2) is 12.3 Å². The molecule has 1 unspecified atom stereocenters. The summed E-state index contributed by atoms with van der Waals surface area (Å²) in [6.07, 6.45) is 6.71. The molecule has 2 rings (SSSR count). The van der Waals surface area contributed by atoms with Gasteiger partial charge in [0.25, 0.3) is 0 Å². The average Bonchev–Trinajstić information content (AvgIpc) is 2.60. The first-order chi connectivity index (χ1) is 9.19. The minimum Gasteiger partial charge on any atom is -0.380 e. The summed E-state index contributed by atoms with van der Waals surface area (Å²) in [6.45, 7) is 7.93. The number of nitrogens with zero attached hydrogens (tertiary/aromatic N) is 2. The zero-order valence-corrected chi connectivity index (χ0v) is 12.7. The third-order valence-corrected chi connectivity index (χ3v) is 4.00. The van der Waals surface area contributed by atoms with Gasteiger partial charge in [-0.2, -0.15) is 0 Å². The number of hydrogen-bond acceptors (Lipinski definition) is 3. The van der Waals surface area contributed by atoms with Gasteiger partial charge in [0.05, 0.1) is 5.69 Å². The minimum absolute atomic E-state index is 0.517. The smallest absolute Gasteiger partial charge is 0.152 e. The van der Waals surface area contributed by atoms with Gasteiger partial charge in [0.1, 0.15) is 0 Å². The van der Waals surface area contributed by atoms with Crippen molar-refractivity contribution >= 4 is 17.3 Å². The minimum atomic E-state index is 0.517. The molecule has 0 amide bonds. The molecule has 1 saturated heterocycles. The molecule has 1 atom stereocenters. The molecule has 0 aliphatic carbocycles. The normalized spacial score (nSPS) is 21.1. The number of halogens is 1. The molecule has 0 radical (unpaired) electrons. The average molecular weight is 282 g/mol. The van der Waals surface area contributed by atoms with E-state index in [4.69, 9.17) is 11.6 Å². The van der Waals surface area contributed by atoms with Gasteiger partial charge in [-0.05, 0) is 57.3 Å². The number of aryl methyl sites for hydroxylation is 1. The number of likely N-dealkylation sites (tertiary alicyclic amines) is 1. The lowest BCUT2D eigenvalue weighted by atomic mass is 10.1. The molecule has 1 aromatic heterocycles. The molecule has 0 spiro atoms. The number of anilines is 1. The Morgan fingerprint density at radius 2 is 2.26 bits per heavy atom. The highest BCUT2D eigenvalue weighted by molar-refractivity contribution is 6.31. The maximum Gasteiger partial charge on any atom is 0.152 e. The molecular formula is C15H24ClN3. The Morgan fingerprint density at radius 1 is 1.42 bits per heavy atom. The first-order valence-corrected chi connectivity index (χ1v) is 7.68. The summed E-state index contributed by atoms with van der Waals surface area (Å²) in [5.41, 5.74) is 2.13. The lowest BCUT2D eigenvalue weighted by Gasteiger charge is -2.20. The first-order valence-electron chi connectivity index (χ1n) is 7.30. The quantitative estimate of drug-likeness (QED) is 0.853. The van der Waals surface area contributed by atoms with Crippen LogP contribution in [0.25, 0.3) is 0 Å². The van der Waals surface area contributed by atoms with Gasteiger partial charge < -0.3 is 10.2 Å². The number of rotatable bonds is 4. The van der Waals surface area contributed by atoms with Gasteiger partial charge in [0.15, 0.2) is 5.15 Å². The second-order valence-corrected chi connectivity index (χ2v) is 5.82. The van der Waals surface area contributed by atoms with Crippen LogP contribution in [-0.2, 0) is 0 Å². The van der Waals surface area contributed by atoms with Crippen LogP contribution in [0.4, 0.5) is 5.69 Å². The molecule has 3 nitrogen and oxygen atoms in total. The van der Waals surface area contributed by atoms with Gasteiger partial charge in [0.2, 0.25) is 0 Å². The SMILES string of the molecule is CCCN1CCCC(Nc2cc(C)cnc2Cl)CC1. The Kier molecular flexibility index (Phi) is 5.46. The van der Waals surface area contributed by atoms with E-state index in [0.717, 1.165) is 11.3 Å². The molecule has 4 heteroatoms. The summed E-state index contributed by atoms with van der Waals surface area (Å²) in [6, 6.07) is 2.60. The Balaban J connectivity index is 1.94. The van der Waals surface area contributed by atoms with Crippen LogP contribution in [0.5, 0.6) is 0 Å². The van der Waals surface area contributed by atoms with Crippen LogP contribution in [0.2, 0.25) is 5.15 Å². The maximum atomic E-state index is 6.15.